The second-order valence-corrected chi connectivity index (χ2v) is 8.51. The van der Waals surface area contributed by atoms with Crippen molar-refractivity contribution < 1.29 is 27.5 Å². The van der Waals surface area contributed by atoms with Gasteiger partial charge in [-0.25, -0.2) is 13.2 Å². The summed E-state index contributed by atoms with van der Waals surface area (Å²) in [5.41, 5.74) is -1.94. The number of benzene rings is 1. The Labute approximate surface area is 172 Å². The Hall–Kier alpha value is -2.16. The number of amides is 2. The highest BCUT2D eigenvalue weighted by molar-refractivity contribution is 8.04. The van der Waals surface area contributed by atoms with Crippen LogP contribution in [0.3, 0.4) is 0 Å². The molecule has 0 saturated carbocycles. The largest absolute Gasteiger partial charge is 0.476 e. The Balaban J connectivity index is 2.20. The molecule has 1 unspecified atom stereocenters. The first-order valence-electron chi connectivity index (χ1n) is 9.23. The average Bonchev–Trinajstić information content (AvgIpc) is 2.65. The number of anilines is 1. The molecule has 0 aliphatic carbocycles. The Kier molecular flexibility index (Phi) is 7.26. The summed E-state index contributed by atoms with van der Waals surface area (Å²) in [5, 5.41) is 2.23. The van der Waals surface area contributed by atoms with E-state index in [1.165, 1.54) is 30.5 Å². The standard InChI is InChI=1S/C20H25F3N2O3S/c1-6-11(2)9-29-17-12(3)28-10-25(18(17)26)20(4,5)19(27)24-16-8-14(22)13(21)7-15(16)23/h7-8,11H,6,9-10H2,1-5H3,(H,24,27). The molecule has 1 aliphatic heterocycles. The second-order valence-electron chi connectivity index (χ2n) is 7.48. The van der Waals surface area contributed by atoms with Crippen molar-refractivity contribution in [3.8, 4) is 0 Å². The lowest BCUT2D eigenvalue weighted by atomic mass is 10.0. The summed E-state index contributed by atoms with van der Waals surface area (Å²) < 4.78 is 46.0. The van der Waals surface area contributed by atoms with E-state index in [9.17, 15) is 22.8 Å². The maximum absolute atomic E-state index is 13.9. The molecule has 2 amide bonds. The van der Waals surface area contributed by atoms with E-state index in [0.29, 0.717) is 28.7 Å². The number of hydrogen-bond donors (Lipinski definition) is 1. The number of ether oxygens (including phenoxy) is 1. The highest BCUT2D eigenvalue weighted by Crippen LogP contribution is 2.33. The highest BCUT2D eigenvalue weighted by atomic mass is 32.2. The molecule has 0 aromatic heterocycles. The summed E-state index contributed by atoms with van der Waals surface area (Å²) in [7, 11) is 0. The normalized spacial score (nSPS) is 16.0. The highest BCUT2D eigenvalue weighted by Gasteiger charge is 2.42. The zero-order valence-electron chi connectivity index (χ0n) is 17.1. The van der Waals surface area contributed by atoms with Gasteiger partial charge in [0.2, 0.25) is 5.91 Å². The molecule has 5 nitrogen and oxygen atoms in total. The number of carbonyl (C=O) groups is 2. The zero-order valence-corrected chi connectivity index (χ0v) is 17.9. The molecular weight excluding hydrogens is 405 g/mol. The zero-order chi connectivity index (χ0) is 21.9. The lowest BCUT2D eigenvalue weighted by Crippen LogP contribution is -2.57. The summed E-state index contributed by atoms with van der Waals surface area (Å²) in [4.78, 5) is 27.4. The Morgan fingerprint density at radius 2 is 1.90 bits per heavy atom. The third-order valence-corrected chi connectivity index (χ3v) is 6.35. The molecule has 0 saturated heterocycles. The predicted molar refractivity (Wildman–Crippen MR) is 106 cm³/mol. The maximum atomic E-state index is 13.9. The molecule has 29 heavy (non-hydrogen) atoms. The minimum atomic E-state index is -1.43. The van der Waals surface area contributed by atoms with Crippen LogP contribution in [-0.4, -0.2) is 34.7 Å². The van der Waals surface area contributed by atoms with Crippen LogP contribution in [-0.2, 0) is 14.3 Å². The summed E-state index contributed by atoms with van der Waals surface area (Å²) in [5.74, 6) is -3.28. The Morgan fingerprint density at radius 3 is 2.52 bits per heavy atom. The lowest BCUT2D eigenvalue weighted by molar-refractivity contribution is -0.148. The maximum Gasteiger partial charge on any atom is 0.267 e. The molecule has 2 rings (SSSR count). The van der Waals surface area contributed by atoms with Crippen molar-refractivity contribution in [1.29, 1.82) is 0 Å². The van der Waals surface area contributed by atoms with Gasteiger partial charge < -0.3 is 10.1 Å². The van der Waals surface area contributed by atoms with Gasteiger partial charge in [-0.05, 0) is 26.7 Å². The van der Waals surface area contributed by atoms with Gasteiger partial charge in [-0.15, -0.1) is 11.8 Å². The third kappa shape index (κ3) is 5.07. The van der Waals surface area contributed by atoms with Gasteiger partial charge in [-0.3, -0.25) is 14.5 Å². The van der Waals surface area contributed by atoms with Crippen LogP contribution in [0.2, 0.25) is 0 Å². The number of hydrogen-bond acceptors (Lipinski definition) is 4. The monoisotopic (exact) mass is 430 g/mol. The van der Waals surface area contributed by atoms with E-state index < -0.39 is 34.6 Å². The van der Waals surface area contributed by atoms with Crippen LogP contribution in [0.1, 0.15) is 41.0 Å². The molecule has 0 bridgehead atoms. The molecule has 160 valence electrons. The molecule has 1 heterocycles. The van der Waals surface area contributed by atoms with Gasteiger partial charge in [0.05, 0.1) is 5.69 Å². The fraction of sp³-hybridized carbons (Fsp3) is 0.500. The Morgan fingerprint density at radius 1 is 1.28 bits per heavy atom. The first kappa shape index (κ1) is 23.1. The molecule has 9 heteroatoms. The van der Waals surface area contributed by atoms with Gasteiger partial charge in [0, 0.05) is 17.9 Å². The van der Waals surface area contributed by atoms with Gasteiger partial charge in [-0.1, -0.05) is 20.3 Å². The van der Waals surface area contributed by atoms with Gasteiger partial charge in [0.25, 0.3) is 5.91 Å². The van der Waals surface area contributed by atoms with Crippen LogP contribution < -0.4 is 5.32 Å². The minimum Gasteiger partial charge on any atom is -0.476 e. The second kappa shape index (κ2) is 9.11. The van der Waals surface area contributed by atoms with Crippen molar-refractivity contribution in [2.24, 2.45) is 5.92 Å². The van der Waals surface area contributed by atoms with E-state index in [-0.39, 0.29) is 12.6 Å². The van der Waals surface area contributed by atoms with E-state index in [1.54, 1.807) is 6.92 Å². The van der Waals surface area contributed by atoms with Crippen LogP contribution in [0.15, 0.2) is 22.8 Å². The fourth-order valence-corrected chi connectivity index (χ4v) is 3.68. The van der Waals surface area contributed by atoms with Crippen LogP contribution in [0.25, 0.3) is 0 Å². The molecule has 1 N–H and O–H groups in total. The number of rotatable bonds is 7. The van der Waals surface area contributed by atoms with Crippen molar-refractivity contribution >= 4 is 29.3 Å². The summed E-state index contributed by atoms with van der Waals surface area (Å²) in [6.45, 7) is 8.61. The van der Waals surface area contributed by atoms with Crippen molar-refractivity contribution in [2.75, 3.05) is 17.8 Å². The molecular formula is C20H25F3N2O3S. The van der Waals surface area contributed by atoms with Gasteiger partial charge in [0.1, 0.15) is 22.0 Å². The van der Waals surface area contributed by atoms with E-state index >= 15 is 0 Å². The van der Waals surface area contributed by atoms with Crippen LogP contribution in [0, 0.1) is 23.4 Å². The van der Waals surface area contributed by atoms with Crippen molar-refractivity contribution in [3.63, 3.8) is 0 Å². The van der Waals surface area contributed by atoms with Crippen molar-refractivity contribution in [3.05, 3.63) is 40.2 Å². The van der Waals surface area contributed by atoms with E-state index in [0.717, 1.165) is 12.2 Å². The van der Waals surface area contributed by atoms with Crippen LogP contribution in [0.5, 0.6) is 0 Å². The summed E-state index contributed by atoms with van der Waals surface area (Å²) in [6.07, 6.45) is 0.964. The molecule has 0 fully saturated rings. The lowest BCUT2D eigenvalue weighted by Gasteiger charge is -2.40. The van der Waals surface area contributed by atoms with Gasteiger partial charge >= 0.3 is 0 Å². The molecule has 1 atom stereocenters. The topological polar surface area (TPSA) is 58.6 Å². The van der Waals surface area contributed by atoms with Crippen molar-refractivity contribution in [1.82, 2.24) is 4.90 Å². The third-order valence-electron chi connectivity index (χ3n) is 4.87. The summed E-state index contributed by atoms with van der Waals surface area (Å²) >= 11 is 1.37. The number of allylic oxidation sites excluding steroid dienone is 1. The van der Waals surface area contributed by atoms with E-state index in [2.05, 4.69) is 19.2 Å². The quantitative estimate of drug-likeness (QED) is 0.640. The molecule has 0 spiro atoms. The van der Waals surface area contributed by atoms with Gasteiger partial charge in [0.15, 0.2) is 18.4 Å². The summed E-state index contributed by atoms with van der Waals surface area (Å²) in [6, 6.07) is 0.910. The smallest absolute Gasteiger partial charge is 0.267 e. The SMILES string of the molecule is CCC(C)CSC1=C(C)OCN(C(C)(C)C(=O)Nc2cc(F)c(F)cc2F)C1=O. The van der Waals surface area contributed by atoms with Gasteiger partial charge in [-0.2, -0.15) is 0 Å². The molecule has 0 radical (unpaired) electrons. The van der Waals surface area contributed by atoms with Crippen LogP contribution in [0.4, 0.5) is 18.9 Å². The van der Waals surface area contributed by atoms with Crippen LogP contribution >= 0.6 is 11.8 Å². The minimum absolute atomic E-state index is 0.154. The first-order valence-corrected chi connectivity index (χ1v) is 10.2. The van der Waals surface area contributed by atoms with E-state index in [1.807, 2.05) is 0 Å². The number of thioether (sulfide) groups is 1. The molecule has 1 aliphatic rings. The number of halogens is 3. The van der Waals surface area contributed by atoms with E-state index in [4.69, 9.17) is 4.74 Å². The predicted octanol–water partition coefficient (Wildman–Crippen LogP) is 4.65. The number of nitrogens with one attached hydrogen (secondary N) is 1. The van der Waals surface area contributed by atoms with Crippen molar-refractivity contribution in [2.45, 2.75) is 46.6 Å². The Bertz CT molecular complexity index is 843. The fourth-order valence-electron chi connectivity index (χ4n) is 2.50. The molecule has 1 aromatic carbocycles. The number of nitrogens with zero attached hydrogens (tertiary/aromatic N) is 1. The average molecular weight is 430 g/mol. The number of carbonyl (C=O) groups excluding carboxylic acids is 2. The molecule has 1 aromatic rings. The first-order chi connectivity index (χ1) is 13.5.